The van der Waals surface area contributed by atoms with Gasteiger partial charge in [0.25, 0.3) is 0 Å². The lowest BCUT2D eigenvalue weighted by Gasteiger charge is -1.98. The summed E-state index contributed by atoms with van der Waals surface area (Å²) < 4.78 is 10.6. The van der Waals surface area contributed by atoms with E-state index in [9.17, 15) is 4.79 Å². The summed E-state index contributed by atoms with van der Waals surface area (Å²) in [5, 5.41) is 8.77. The first-order valence-electron chi connectivity index (χ1n) is 5.07. The van der Waals surface area contributed by atoms with Crippen molar-refractivity contribution in [1.82, 2.24) is 0 Å². The molecule has 4 nitrogen and oxygen atoms in total. The highest BCUT2D eigenvalue weighted by molar-refractivity contribution is 5.86. The van der Waals surface area contributed by atoms with Crippen molar-refractivity contribution >= 4 is 5.97 Å². The summed E-state index contributed by atoms with van der Waals surface area (Å²) >= 11 is 0. The predicted octanol–water partition coefficient (Wildman–Crippen LogP) is 2.21. The Labute approximate surface area is 87.8 Å². The van der Waals surface area contributed by atoms with Crippen LogP contribution in [0.2, 0.25) is 0 Å². The number of carboxylic acids is 1. The molecule has 4 heteroatoms. The van der Waals surface area contributed by atoms with Gasteiger partial charge in [0.15, 0.2) is 0 Å². The Morgan fingerprint density at radius 1 is 1.67 bits per heavy atom. The Balaban J connectivity index is 1.89. The maximum absolute atomic E-state index is 10.7. The molecule has 82 valence electrons. The van der Waals surface area contributed by atoms with Gasteiger partial charge in [0.2, 0.25) is 5.76 Å². The molecular formula is C11H14O4. The van der Waals surface area contributed by atoms with Crippen LogP contribution in [0.1, 0.15) is 34.7 Å². The van der Waals surface area contributed by atoms with Gasteiger partial charge in [-0.05, 0) is 31.7 Å². The van der Waals surface area contributed by atoms with E-state index in [1.165, 1.54) is 12.8 Å². The Bertz CT molecular complexity index is 363. The first kappa shape index (κ1) is 10.2. The Hall–Kier alpha value is -1.29. The average molecular weight is 210 g/mol. The number of furan rings is 1. The molecule has 1 heterocycles. The summed E-state index contributed by atoms with van der Waals surface area (Å²) in [7, 11) is 0. The highest BCUT2D eigenvalue weighted by Gasteiger charge is 2.21. The van der Waals surface area contributed by atoms with Crippen LogP contribution in [0.5, 0.6) is 0 Å². The van der Waals surface area contributed by atoms with Crippen LogP contribution in [0.25, 0.3) is 0 Å². The normalized spacial score (nSPS) is 15.5. The number of aryl methyl sites for hydroxylation is 1. The highest BCUT2D eigenvalue weighted by atomic mass is 16.5. The lowest BCUT2D eigenvalue weighted by molar-refractivity contribution is 0.0643. The molecule has 0 radical (unpaired) electrons. The second-order valence-electron chi connectivity index (χ2n) is 3.99. The zero-order valence-electron chi connectivity index (χ0n) is 8.66. The van der Waals surface area contributed by atoms with Crippen molar-refractivity contribution in [3.63, 3.8) is 0 Å². The van der Waals surface area contributed by atoms with Crippen LogP contribution in [0.4, 0.5) is 0 Å². The van der Waals surface area contributed by atoms with E-state index in [4.69, 9.17) is 14.3 Å². The Morgan fingerprint density at radius 3 is 2.93 bits per heavy atom. The van der Waals surface area contributed by atoms with Gasteiger partial charge in [-0.2, -0.15) is 0 Å². The van der Waals surface area contributed by atoms with Crippen LogP contribution in [0, 0.1) is 12.8 Å². The van der Waals surface area contributed by atoms with Gasteiger partial charge in [0, 0.05) is 12.2 Å². The molecule has 0 bridgehead atoms. The lowest BCUT2D eigenvalue weighted by Crippen LogP contribution is -1.96. The zero-order valence-corrected chi connectivity index (χ0v) is 8.66. The minimum absolute atomic E-state index is 0.0139. The third kappa shape index (κ3) is 2.59. The van der Waals surface area contributed by atoms with Crippen molar-refractivity contribution in [1.29, 1.82) is 0 Å². The first-order valence-corrected chi connectivity index (χ1v) is 5.07. The van der Waals surface area contributed by atoms with E-state index in [2.05, 4.69) is 0 Å². The minimum Gasteiger partial charge on any atom is -0.475 e. The van der Waals surface area contributed by atoms with Crippen molar-refractivity contribution in [3.8, 4) is 0 Å². The summed E-state index contributed by atoms with van der Waals surface area (Å²) in [6.45, 7) is 2.84. The van der Waals surface area contributed by atoms with Gasteiger partial charge in [0.1, 0.15) is 12.4 Å². The van der Waals surface area contributed by atoms with Crippen molar-refractivity contribution in [2.45, 2.75) is 26.4 Å². The van der Waals surface area contributed by atoms with Gasteiger partial charge >= 0.3 is 5.97 Å². The quantitative estimate of drug-likeness (QED) is 0.809. The molecule has 15 heavy (non-hydrogen) atoms. The van der Waals surface area contributed by atoms with Crippen molar-refractivity contribution in [2.24, 2.45) is 5.92 Å². The van der Waals surface area contributed by atoms with E-state index in [1.807, 2.05) is 0 Å². The molecule has 0 unspecified atom stereocenters. The molecule has 1 aromatic rings. The van der Waals surface area contributed by atoms with E-state index in [0.717, 1.165) is 6.61 Å². The van der Waals surface area contributed by atoms with Crippen molar-refractivity contribution < 1.29 is 19.1 Å². The zero-order chi connectivity index (χ0) is 10.8. The van der Waals surface area contributed by atoms with Crippen LogP contribution in [0.15, 0.2) is 10.5 Å². The van der Waals surface area contributed by atoms with Gasteiger partial charge in [-0.3, -0.25) is 0 Å². The van der Waals surface area contributed by atoms with Crippen LogP contribution in [-0.4, -0.2) is 17.7 Å². The molecule has 1 aliphatic rings. The monoisotopic (exact) mass is 210 g/mol. The average Bonchev–Trinajstić information content (AvgIpc) is 2.90. The molecule has 0 amide bonds. The van der Waals surface area contributed by atoms with Crippen LogP contribution >= 0.6 is 0 Å². The maximum Gasteiger partial charge on any atom is 0.372 e. The highest BCUT2D eigenvalue weighted by Crippen LogP contribution is 2.29. The van der Waals surface area contributed by atoms with Crippen LogP contribution in [-0.2, 0) is 11.3 Å². The lowest BCUT2D eigenvalue weighted by atomic mass is 10.3. The van der Waals surface area contributed by atoms with Gasteiger partial charge in [-0.25, -0.2) is 4.79 Å². The molecule has 0 saturated heterocycles. The molecule has 0 aliphatic heterocycles. The smallest absolute Gasteiger partial charge is 0.372 e. The standard InChI is InChI=1S/C11H14O4/c1-7-4-9(15-10(7)11(12)13)6-14-5-8-2-3-8/h4,8H,2-3,5-6H2,1H3,(H,12,13). The molecule has 1 saturated carbocycles. The largest absolute Gasteiger partial charge is 0.475 e. The number of hydrogen-bond donors (Lipinski definition) is 1. The third-order valence-corrected chi connectivity index (χ3v) is 2.46. The molecule has 0 aromatic carbocycles. The van der Waals surface area contributed by atoms with Crippen LogP contribution in [0.3, 0.4) is 0 Å². The maximum atomic E-state index is 10.7. The summed E-state index contributed by atoms with van der Waals surface area (Å²) in [4.78, 5) is 10.7. The molecule has 1 aliphatic carbocycles. The van der Waals surface area contributed by atoms with Crippen molar-refractivity contribution in [2.75, 3.05) is 6.61 Å². The van der Waals surface area contributed by atoms with E-state index < -0.39 is 5.97 Å². The number of carboxylic acid groups (broad SMARTS) is 1. The SMILES string of the molecule is Cc1cc(COCC2CC2)oc1C(=O)O. The van der Waals surface area contributed by atoms with E-state index >= 15 is 0 Å². The molecule has 0 atom stereocenters. The van der Waals surface area contributed by atoms with Gasteiger partial charge in [0.05, 0.1) is 0 Å². The van der Waals surface area contributed by atoms with Gasteiger partial charge in [-0.1, -0.05) is 0 Å². The fourth-order valence-corrected chi connectivity index (χ4v) is 1.44. The van der Waals surface area contributed by atoms with E-state index in [0.29, 0.717) is 23.8 Å². The molecule has 1 fully saturated rings. The molecular weight excluding hydrogens is 196 g/mol. The fourth-order valence-electron chi connectivity index (χ4n) is 1.44. The number of rotatable bonds is 5. The van der Waals surface area contributed by atoms with Gasteiger partial charge in [-0.15, -0.1) is 0 Å². The topological polar surface area (TPSA) is 59.7 Å². The molecule has 1 N–H and O–H groups in total. The fraction of sp³-hybridized carbons (Fsp3) is 0.545. The summed E-state index contributed by atoms with van der Waals surface area (Å²) in [5.41, 5.74) is 0.646. The third-order valence-electron chi connectivity index (χ3n) is 2.46. The number of hydrogen-bond acceptors (Lipinski definition) is 3. The van der Waals surface area contributed by atoms with Crippen LogP contribution < -0.4 is 0 Å². The van der Waals surface area contributed by atoms with Gasteiger partial charge < -0.3 is 14.3 Å². The van der Waals surface area contributed by atoms with E-state index in [1.54, 1.807) is 13.0 Å². The minimum atomic E-state index is -1.03. The number of aromatic carboxylic acids is 1. The first-order chi connectivity index (χ1) is 7.16. The second-order valence-corrected chi connectivity index (χ2v) is 3.99. The predicted molar refractivity (Wildman–Crippen MR) is 52.8 cm³/mol. The number of ether oxygens (including phenoxy) is 1. The molecule has 1 aromatic heterocycles. The Morgan fingerprint density at radius 2 is 2.40 bits per heavy atom. The Kier molecular flexibility index (Phi) is 2.77. The summed E-state index contributed by atoms with van der Waals surface area (Å²) in [6, 6.07) is 1.72. The molecule has 2 rings (SSSR count). The summed E-state index contributed by atoms with van der Waals surface area (Å²) in [5.74, 6) is 0.284. The second kappa shape index (κ2) is 4.06. The summed E-state index contributed by atoms with van der Waals surface area (Å²) in [6.07, 6.45) is 2.50. The molecule has 0 spiro atoms. The van der Waals surface area contributed by atoms with E-state index in [-0.39, 0.29) is 5.76 Å². The van der Waals surface area contributed by atoms with Crippen molar-refractivity contribution in [3.05, 3.63) is 23.2 Å². The number of carbonyl (C=O) groups is 1.